The molecule has 0 amide bonds. The van der Waals surface area contributed by atoms with E-state index in [-0.39, 0.29) is 0 Å². The first kappa shape index (κ1) is 13.2. The van der Waals surface area contributed by atoms with Crippen LogP contribution in [0, 0.1) is 17.8 Å². The molecule has 19 heavy (non-hydrogen) atoms. The van der Waals surface area contributed by atoms with E-state index in [4.69, 9.17) is 0 Å². The third-order valence-corrected chi connectivity index (χ3v) is 5.06. The van der Waals surface area contributed by atoms with E-state index < -0.39 is 0 Å². The van der Waals surface area contributed by atoms with Crippen molar-refractivity contribution in [1.82, 2.24) is 15.1 Å². The standard InChI is InChI=1S/C16H27N3/c1-3-8-17-15(9-12-10-18-19(2)11-12)16-13-6-4-5-7-14(13)16/h10-11,13-17H,3-9H2,1-2H3. The van der Waals surface area contributed by atoms with Gasteiger partial charge in [-0.2, -0.15) is 5.10 Å². The van der Waals surface area contributed by atoms with Gasteiger partial charge in [-0.15, -0.1) is 0 Å². The van der Waals surface area contributed by atoms with E-state index >= 15 is 0 Å². The summed E-state index contributed by atoms with van der Waals surface area (Å²) in [5, 5.41) is 8.12. The second-order valence-electron chi connectivity index (χ2n) is 6.48. The minimum absolute atomic E-state index is 0.678. The second kappa shape index (κ2) is 5.66. The van der Waals surface area contributed by atoms with Crippen molar-refractivity contribution in [2.75, 3.05) is 6.54 Å². The molecule has 3 rings (SSSR count). The molecule has 2 saturated carbocycles. The zero-order valence-electron chi connectivity index (χ0n) is 12.3. The van der Waals surface area contributed by atoms with Gasteiger partial charge in [0.15, 0.2) is 0 Å². The molecule has 0 spiro atoms. The summed E-state index contributed by atoms with van der Waals surface area (Å²) in [7, 11) is 2.01. The van der Waals surface area contributed by atoms with Crippen molar-refractivity contribution in [3.63, 3.8) is 0 Å². The van der Waals surface area contributed by atoms with Gasteiger partial charge in [-0.3, -0.25) is 4.68 Å². The first-order valence-corrected chi connectivity index (χ1v) is 8.00. The third kappa shape index (κ3) is 2.86. The zero-order valence-corrected chi connectivity index (χ0v) is 12.3. The highest BCUT2D eigenvalue weighted by Crippen LogP contribution is 2.57. The lowest BCUT2D eigenvalue weighted by Gasteiger charge is -2.18. The highest BCUT2D eigenvalue weighted by Gasteiger charge is 2.53. The molecular weight excluding hydrogens is 234 g/mol. The lowest BCUT2D eigenvalue weighted by Crippen LogP contribution is -2.34. The molecule has 0 aromatic carbocycles. The van der Waals surface area contributed by atoms with Gasteiger partial charge in [0.1, 0.15) is 0 Å². The molecule has 1 N–H and O–H groups in total. The Labute approximate surface area is 116 Å². The third-order valence-electron chi connectivity index (χ3n) is 5.06. The maximum Gasteiger partial charge on any atom is 0.0522 e. The van der Waals surface area contributed by atoms with Gasteiger partial charge in [-0.25, -0.2) is 0 Å². The van der Waals surface area contributed by atoms with Gasteiger partial charge in [0.2, 0.25) is 0 Å². The first-order chi connectivity index (χ1) is 9.29. The van der Waals surface area contributed by atoms with E-state index in [2.05, 4.69) is 23.5 Å². The Balaban J connectivity index is 1.64. The van der Waals surface area contributed by atoms with Crippen molar-refractivity contribution < 1.29 is 0 Å². The van der Waals surface area contributed by atoms with Crippen LogP contribution in [-0.4, -0.2) is 22.4 Å². The Morgan fingerprint density at radius 3 is 2.68 bits per heavy atom. The number of nitrogens with one attached hydrogen (secondary N) is 1. The van der Waals surface area contributed by atoms with Crippen LogP contribution < -0.4 is 5.32 Å². The molecule has 3 unspecified atom stereocenters. The molecule has 1 aromatic rings. The molecule has 0 radical (unpaired) electrons. The fraction of sp³-hybridized carbons (Fsp3) is 0.812. The quantitative estimate of drug-likeness (QED) is 0.853. The smallest absolute Gasteiger partial charge is 0.0522 e. The number of hydrogen-bond acceptors (Lipinski definition) is 2. The predicted octanol–water partition coefficient (Wildman–Crippen LogP) is 2.77. The van der Waals surface area contributed by atoms with Gasteiger partial charge in [-0.05, 0) is 55.5 Å². The van der Waals surface area contributed by atoms with Crippen molar-refractivity contribution >= 4 is 0 Å². The first-order valence-electron chi connectivity index (χ1n) is 8.00. The molecule has 0 bridgehead atoms. The lowest BCUT2D eigenvalue weighted by molar-refractivity contribution is 0.428. The van der Waals surface area contributed by atoms with Gasteiger partial charge in [-0.1, -0.05) is 19.8 Å². The Morgan fingerprint density at radius 1 is 1.37 bits per heavy atom. The largest absolute Gasteiger partial charge is 0.313 e. The molecule has 2 aliphatic rings. The Morgan fingerprint density at radius 2 is 2.11 bits per heavy atom. The molecule has 3 heteroatoms. The van der Waals surface area contributed by atoms with Crippen LogP contribution in [0.1, 0.15) is 44.6 Å². The average molecular weight is 261 g/mol. The van der Waals surface area contributed by atoms with Crippen molar-refractivity contribution in [3.8, 4) is 0 Å². The molecule has 106 valence electrons. The van der Waals surface area contributed by atoms with Crippen LogP contribution in [-0.2, 0) is 13.5 Å². The average Bonchev–Trinajstić information content (AvgIpc) is 3.01. The summed E-state index contributed by atoms with van der Waals surface area (Å²) in [6, 6.07) is 0.678. The minimum Gasteiger partial charge on any atom is -0.313 e. The number of rotatable bonds is 6. The number of nitrogens with zero attached hydrogens (tertiary/aromatic N) is 2. The van der Waals surface area contributed by atoms with Crippen molar-refractivity contribution in [2.45, 2.75) is 51.5 Å². The molecule has 2 fully saturated rings. The molecule has 3 atom stereocenters. The van der Waals surface area contributed by atoms with Crippen LogP contribution in [0.4, 0.5) is 0 Å². The number of fused-ring (bicyclic) bond motifs is 1. The number of hydrogen-bond donors (Lipinski definition) is 1. The molecule has 0 aliphatic heterocycles. The Kier molecular flexibility index (Phi) is 3.92. The molecule has 3 nitrogen and oxygen atoms in total. The molecule has 0 saturated heterocycles. The normalized spacial score (nSPS) is 30.9. The van der Waals surface area contributed by atoms with Crippen LogP contribution in [0.15, 0.2) is 12.4 Å². The van der Waals surface area contributed by atoms with E-state index in [0.717, 1.165) is 30.7 Å². The number of aryl methyl sites for hydroxylation is 1. The number of aromatic nitrogens is 2. The molecule has 1 heterocycles. The van der Waals surface area contributed by atoms with Gasteiger partial charge < -0.3 is 5.32 Å². The molecule has 1 aromatic heterocycles. The Bertz CT molecular complexity index is 400. The topological polar surface area (TPSA) is 29.9 Å². The van der Waals surface area contributed by atoms with E-state index in [1.165, 1.54) is 37.7 Å². The van der Waals surface area contributed by atoms with E-state index in [9.17, 15) is 0 Å². The highest BCUT2D eigenvalue weighted by molar-refractivity contribution is 5.12. The molecule has 2 aliphatic carbocycles. The van der Waals surface area contributed by atoms with E-state index in [1.54, 1.807) is 0 Å². The van der Waals surface area contributed by atoms with Crippen LogP contribution >= 0.6 is 0 Å². The zero-order chi connectivity index (χ0) is 13.2. The van der Waals surface area contributed by atoms with Gasteiger partial charge in [0.25, 0.3) is 0 Å². The molecular formula is C16H27N3. The fourth-order valence-corrected chi connectivity index (χ4v) is 4.15. The van der Waals surface area contributed by atoms with Gasteiger partial charge in [0.05, 0.1) is 6.20 Å². The predicted molar refractivity (Wildman–Crippen MR) is 77.9 cm³/mol. The summed E-state index contributed by atoms with van der Waals surface area (Å²) >= 11 is 0. The monoisotopic (exact) mass is 261 g/mol. The summed E-state index contributed by atoms with van der Waals surface area (Å²) in [6.07, 6.45) is 12.5. The summed E-state index contributed by atoms with van der Waals surface area (Å²) < 4.78 is 1.92. The van der Waals surface area contributed by atoms with Crippen LogP contribution in [0.25, 0.3) is 0 Å². The van der Waals surface area contributed by atoms with Crippen LogP contribution in [0.5, 0.6) is 0 Å². The SMILES string of the molecule is CCCNC(Cc1cnn(C)c1)C1C2CCCCC21. The maximum absolute atomic E-state index is 4.31. The van der Waals surface area contributed by atoms with Gasteiger partial charge >= 0.3 is 0 Å². The van der Waals surface area contributed by atoms with Crippen molar-refractivity contribution in [2.24, 2.45) is 24.8 Å². The summed E-state index contributed by atoms with van der Waals surface area (Å²) in [6.45, 7) is 3.41. The van der Waals surface area contributed by atoms with Crippen LogP contribution in [0.3, 0.4) is 0 Å². The van der Waals surface area contributed by atoms with Crippen LogP contribution in [0.2, 0.25) is 0 Å². The minimum atomic E-state index is 0.678. The van der Waals surface area contributed by atoms with E-state index in [0.29, 0.717) is 6.04 Å². The van der Waals surface area contributed by atoms with E-state index in [1.807, 2.05) is 17.9 Å². The fourth-order valence-electron chi connectivity index (χ4n) is 4.15. The highest BCUT2D eigenvalue weighted by atomic mass is 15.2. The van der Waals surface area contributed by atoms with Gasteiger partial charge in [0, 0.05) is 19.3 Å². The Hall–Kier alpha value is -0.830. The lowest BCUT2D eigenvalue weighted by atomic mass is 10.0. The maximum atomic E-state index is 4.31. The van der Waals surface area contributed by atoms with Crippen molar-refractivity contribution in [1.29, 1.82) is 0 Å². The summed E-state index contributed by atoms with van der Waals surface area (Å²) in [4.78, 5) is 0. The summed E-state index contributed by atoms with van der Waals surface area (Å²) in [5.41, 5.74) is 1.39. The van der Waals surface area contributed by atoms with Crippen molar-refractivity contribution in [3.05, 3.63) is 18.0 Å². The second-order valence-corrected chi connectivity index (χ2v) is 6.48. The summed E-state index contributed by atoms with van der Waals surface area (Å²) in [5.74, 6) is 2.99.